The summed E-state index contributed by atoms with van der Waals surface area (Å²) in [6, 6.07) is 8.30. The van der Waals surface area contributed by atoms with E-state index < -0.39 is 0 Å². The molecular weight excluding hydrogens is 264 g/mol. The fourth-order valence-electron chi connectivity index (χ4n) is 2.32. The Labute approximate surface area is 123 Å². The number of nitrogens with zero attached hydrogens (tertiary/aromatic N) is 4. The van der Waals surface area contributed by atoms with E-state index in [-0.39, 0.29) is 5.91 Å². The monoisotopic (exact) mass is 280 g/mol. The zero-order valence-electron chi connectivity index (χ0n) is 11.9. The molecule has 3 rings (SSSR count). The SMILES string of the molecule is CCc1cccc(C2=NN(C(=O)c3cnccn3)CC2)c1. The summed E-state index contributed by atoms with van der Waals surface area (Å²) in [7, 11) is 0. The maximum atomic E-state index is 12.3. The number of carbonyl (C=O) groups is 1. The maximum Gasteiger partial charge on any atom is 0.294 e. The molecule has 0 saturated carbocycles. The summed E-state index contributed by atoms with van der Waals surface area (Å²) in [6.45, 7) is 2.71. The number of amides is 1. The third-order valence-electron chi connectivity index (χ3n) is 3.49. The molecule has 106 valence electrons. The minimum absolute atomic E-state index is 0.204. The van der Waals surface area contributed by atoms with Gasteiger partial charge in [-0.25, -0.2) is 9.99 Å². The molecule has 5 heteroatoms. The largest absolute Gasteiger partial charge is 0.294 e. The molecule has 1 aliphatic rings. The smallest absolute Gasteiger partial charge is 0.265 e. The molecule has 2 heterocycles. The van der Waals surface area contributed by atoms with Crippen LogP contribution in [0.4, 0.5) is 0 Å². The molecule has 0 aliphatic carbocycles. The molecule has 1 aromatic carbocycles. The first kappa shape index (κ1) is 13.4. The Bertz CT molecular complexity index is 682. The van der Waals surface area contributed by atoms with Gasteiger partial charge in [-0.3, -0.25) is 9.78 Å². The summed E-state index contributed by atoms with van der Waals surface area (Å²) in [5, 5.41) is 5.91. The quantitative estimate of drug-likeness (QED) is 0.866. The van der Waals surface area contributed by atoms with Crippen molar-refractivity contribution in [2.75, 3.05) is 6.54 Å². The molecule has 21 heavy (non-hydrogen) atoms. The van der Waals surface area contributed by atoms with Gasteiger partial charge in [-0.15, -0.1) is 0 Å². The van der Waals surface area contributed by atoms with Crippen LogP contribution in [0.5, 0.6) is 0 Å². The van der Waals surface area contributed by atoms with Gasteiger partial charge in [0.25, 0.3) is 5.91 Å². The fraction of sp³-hybridized carbons (Fsp3) is 0.250. The topological polar surface area (TPSA) is 58.5 Å². The Morgan fingerprint density at radius 3 is 3.00 bits per heavy atom. The van der Waals surface area contributed by atoms with Crippen LogP contribution >= 0.6 is 0 Å². The predicted octanol–water partition coefficient (Wildman–Crippen LogP) is 2.29. The van der Waals surface area contributed by atoms with E-state index in [1.165, 1.54) is 23.0 Å². The van der Waals surface area contributed by atoms with E-state index in [1.807, 2.05) is 12.1 Å². The molecule has 0 unspecified atom stereocenters. The maximum absolute atomic E-state index is 12.3. The molecule has 0 atom stereocenters. The minimum atomic E-state index is -0.204. The van der Waals surface area contributed by atoms with Crippen LogP contribution in [0.1, 0.15) is 35.0 Å². The van der Waals surface area contributed by atoms with Crippen molar-refractivity contribution in [3.63, 3.8) is 0 Å². The molecule has 0 saturated heterocycles. The molecule has 1 amide bonds. The van der Waals surface area contributed by atoms with Gasteiger partial charge in [0.05, 0.1) is 18.5 Å². The Morgan fingerprint density at radius 1 is 1.33 bits per heavy atom. The number of aromatic nitrogens is 2. The molecule has 0 bridgehead atoms. The second-order valence-corrected chi connectivity index (χ2v) is 4.87. The highest BCUT2D eigenvalue weighted by atomic mass is 16.2. The van der Waals surface area contributed by atoms with Gasteiger partial charge in [-0.05, 0) is 23.6 Å². The highest BCUT2D eigenvalue weighted by Gasteiger charge is 2.23. The van der Waals surface area contributed by atoms with Gasteiger partial charge in [0.2, 0.25) is 0 Å². The summed E-state index contributed by atoms with van der Waals surface area (Å²) in [5.74, 6) is -0.204. The Morgan fingerprint density at radius 2 is 2.24 bits per heavy atom. The molecule has 1 aliphatic heterocycles. The molecule has 0 fully saturated rings. The van der Waals surface area contributed by atoms with Crippen LogP contribution in [0.3, 0.4) is 0 Å². The molecule has 2 aromatic rings. The summed E-state index contributed by atoms with van der Waals surface area (Å²) in [5.41, 5.74) is 3.63. The summed E-state index contributed by atoms with van der Waals surface area (Å²) < 4.78 is 0. The van der Waals surface area contributed by atoms with E-state index in [1.54, 1.807) is 6.20 Å². The van der Waals surface area contributed by atoms with Crippen molar-refractivity contribution in [1.82, 2.24) is 15.0 Å². The first-order valence-corrected chi connectivity index (χ1v) is 7.02. The lowest BCUT2D eigenvalue weighted by Gasteiger charge is -2.09. The average molecular weight is 280 g/mol. The summed E-state index contributed by atoms with van der Waals surface area (Å²) in [6.07, 6.45) is 6.28. The van der Waals surface area contributed by atoms with Crippen LogP contribution < -0.4 is 0 Å². The lowest BCUT2D eigenvalue weighted by atomic mass is 10.0. The van der Waals surface area contributed by atoms with Crippen LogP contribution in [0.15, 0.2) is 48.0 Å². The zero-order chi connectivity index (χ0) is 14.7. The van der Waals surface area contributed by atoms with Gasteiger partial charge in [0.15, 0.2) is 0 Å². The first-order chi connectivity index (χ1) is 10.3. The molecular formula is C16H16N4O. The minimum Gasteiger partial charge on any atom is -0.265 e. The van der Waals surface area contributed by atoms with Crippen LogP contribution in [-0.2, 0) is 6.42 Å². The number of rotatable bonds is 3. The van der Waals surface area contributed by atoms with Crippen molar-refractivity contribution in [2.45, 2.75) is 19.8 Å². The van der Waals surface area contributed by atoms with Gasteiger partial charge in [-0.2, -0.15) is 5.10 Å². The number of aryl methyl sites for hydroxylation is 1. The normalized spacial score (nSPS) is 14.1. The third-order valence-corrected chi connectivity index (χ3v) is 3.49. The predicted molar refractivity (Wildman–Crippen MR) is 80.0 cm³/mol. The van der Waals surface area contributed by atoms with Crippen molar-refractivity contribution < 1.29 is 4.79 Å². The van der Waals surface area contributed by atoms with Crippen LogP contribution in [0, 0.1) is 0 Å². The number of hydrazone groups is 1. The Balaban J connectivity index is 1.82. The molecule has 0 radical (unpaired) electrons. The summed E-state index contributed by atoms with van der Waals surface area (Å²) >= 11 is 0. The standard InChI is InChI=1S/C16H16N4O/c1-2-12-4-3-5-13(10-12)14-6-9-20(19-14)16(21)15-11-17-7-8-18-15/h3-5,7-8,10-11H,2,6,9H2,1H3. The lowest BCUT2D eigenvalue weighted by molar-refractivity contribution is 0.0772. The van der Waals surface area contributed by atoms with Crippen LogP contribution in [0.25, 0.3) is 0 Å². The Hall–Kier alpha value is -2.56. The number of hydrogen-bond donors (Lipinski definition) is 0. The molecule has 0 N–H and O–H groups in total. The Kier molecular flexibility index (Phi) is 3.73. The highest BCUT2D eigenvalue weighted by molar-refractivity contribution is 6.04. The zero-order valence-corrected chi connectivity index (χ0v) is 11.9. The third kappa shape index (κ3) is 2.81. The van der Waals surface area contributed by atoms with Crippen LogP contribution in [-0.4, -0.2) is 33.1 Å². The van der Waals surface area contributed by atoms with Crippen molar-refractivity contribution in [2.24, 2.45) is 5.10 Å². The van der Waals surface area contributed by atoms with E-state index in [4.69, 9.17) is 0 Å². The van der Waals surface area contributed by atoms with Crippen molar-refractivity contribution in [1.29, 1.82) is 0 Å². The molecule has 0 spiro atoms. The van der Waals surface area contributed by atoms with E-state index in [0.29, 0.717) is 12.2 Å². The fourth-order valence-corrected chi connectivity index (χ4v) is 2.32. The molecule has 1 aromatic heterocycles. The van der Waals surface area contributed by atoms with E-state index >= 15 is 0 Å². The van der Waals surface area contributed by atoms with Gasteiger partial charge >= 0.3 is 0 Å². The first-order valence-electron chi connectivity index (χ1n) is 7.02. The van der Waals surface area contributed by atoms with E-state index in [2.05, 4.69) is 34.1 Å². The summed E-state index contributed by atoms with van der Waals surface area (Å²) in [4.78, 5) is 20.2. The highest BCUT2D eigenvalue weighted by Crippen LogP contribution is 2.17. The average Bonchev–Trinajstić information content (AvgIpc) is 3.05. The second kappa shape index (κ2) is 5.83. The molecule has 5 nitrogen and oxygen atoms in total. The van der Waals surface area contributed by atoms with Gasteiger partial charge in [0, 0.05) is 18.8 Å². The van der Waals surface area contributed by atoms with E-state index in [0.717, 1.165) is 24.1 Å². The van der Waals surface area contributed by atoms with Gasteiger partial charge in [-0.1, -0.05) is 25.1 Å². The van der Waals surface area contributed by atoms with Crippen molar-refractivity contribution in [3.8, 4) is 0 Å². The number of hydrogen-bond acceptors (Lipinski definition) is 4. The van der Waals surface area contributed by atoms with Crippen LogP contribution in [0.2, 0.25) is 0 Å². The number of carbonyl (C=O) groups excluding carboxylic acids is 1. The van der Waals surface area contributed by atoms with Gasteiger partial charge < -0.3 is 0 Å². The van der Waals surface area contributed by atoms with Crippen molar-refractivity contribution >= 4 is 11.6 Å². The van der Waals surface area contributed by atoms with E-state index in [9.17, 15) is 4.79 Å². The van der Waals surface area contributed by atoms with Gasteiger partial charge in [0.1, 0.15) is 5.69 Å². The lowest BCUT2D eigenvalue weighted by Crippen LogP contribution is -2.24. The number of benzene rings is 1. The van der Waals surface area contributed by atoms with Crippen molar-refractivity contribution in [3.05, 3.63) is 59.7 Å². The second-order valence-electron chi connectivity index (χ2n) is 4.87.